The maximum atomic E-state index is 12.9. The summed E-state index contributed by atoms with van der Waals surface area (Å²) in [5.74, 6) is 0.0715. The number of benzene rings is 2. The highest BCUT2D eigenvalue weighted by Crippen LogP contribution is 2.22. The van der Waals surface area contributed by atoms with Crippen LogP contribution in [0.2, 0.25) is 0 Å². The molecule has 4 heteroatoms. The second kappa shape index (κ2) is 8.61. The van der Waals surface area contributed by atoms with Crippen molar-refractivity contribution >= 4 is 17.7 Å². The van der Waals surface area contributed by atoms with Crippen LogP contribution in [0.1, 0.15) is 22.3 Å². The van der Waals surface area contributed by atoms with Gasteiger partial charge < -0.3 is 10.6 Å². The zero-order valence-electron chi connectivity index (χ0n) is 12.9. The first-order valence-corrected chi connectivity index (χ1v) is 8.65. The molecule has 116 valence electrons. The summed E-state index contributed by atoms with van der Waals surface area (Å²) >= 11 is 1.60. The van der Waals surface area contributed by atoms with E-state index >= 15 is 0 Å². The summed E-state index contributed by atoms with van der Waals surface area (Å²) in [4.78, 5) is 15.8. The van der Waals surface area contributed by atoms with Gasteiger partial charge in [-0.25, -0.2) is 0 Å². The van der Waals surface area contributed by atoms with Gasteiger partial charge in [0.2, 0.25) is 0 Å². The van der Waals surface area contributed by atoms with E-state index in [4.69, 9.17) is 5.73 Å². The van der Waals surface area contributed by atoms with Crippen molar-refractivity contribution in [1.29, 1.82) is 0 Å². The van der Waals surface area contributed by atoms with Gasteiger partial charge in [0.15, 0.2) is 0 Å². The summed E-state index contributed by atoms with van der Waals surface area (Å²) in [5, 5.41) is 0. The van der Waals surface area contributed by atoms with Crippen molar-refractivity contribution in [3.05, 3.63) is 65.7 Å². The topological polar surface area (TPSA) is 46.3 Å². The number of carbonyl (C=O) groups excluding carboxylic acids is 1. The Morgan fingerprint density at radius 3 is 2.45 bits per heavy atom. The van der Waals surface area contributed by atoms with Crippen LogP contribution in [0.15, 0.2) is 59.5 Å². The van der Waals surface area contributed by atoms with E-state index in [2.05, 4.69) is 0 Å². The summed E-state index contributed by atoms with van der Waals surface area (Å²) < 4.78 is 0. The number of hydrogen-bond donors (Lipinski definition) is 1. The molecule has 0 bridgehead atoms. The molecule has 0 aliphatic rings. The number of nitrogens with two attached hydrogens (primary N) is 1. The number of hydrogen-bond acceptors (Lipinski definition) is 3. The van der Waals surface area contributed by atoms with Crippen LogP contribution in [-0.2, 0) is 6.54 Å². The van der Waals surface area contributed by atoms with E-state index in [0.717, 1.165) is 22.4 Å². The summed E-state index contributed by atoms with van der Waals surface area (Å²) in [6.07, 6.45) is 2.80. The molecule has 0 aromatic heterocycles. The van der Waals surface area contributed by atoms with E-state index in [1.54, 1.807) is 11.8 Å². The lowest BCUT2D eigenvalue weighted by Crippen LogP contribution is -2.32. The highest BCUT2D eigenvalue weighted by molar-refractivity contribution is 7.98. The summed E-state index contributed by atoms with van der Waals surface area (Å²) in [5.41, 5.74) is 7.52. The largest absolute Gasteiger partial charge is 0.334 e. The van der Waals surface area contributed by atoms with Crippen LogP contribution in [0.5, 0.6) is 0 Å². The fourth-order valence-electron chi connectivity index (χ4n) is 2.33. The summed E-state index contributed by atoms with van der Waals surface area (Å²) in [7, 11) is 0. The third kappa shape index (κ3) is 4.36. The van der Waals surface area contributed by atoms with Gasteiger partial charge in [0.05, 0.1) is 5.56 Å². The molecule has 2 aromatic rings. The average Bonchev–Trinajstić information content (AvgIpc) is 2.58. The Kier molecular flexibility index (Phi) is 6.49. The van der Waals surface area contributed by atoms with E-state index in [1.807, 2.05) is 65.8 Å². The SMILES string of the molecule is CSc1ccccc1C(=O)N(CCCN)Cc1ccccc1. The van der Waals surface area contributed by atoms with Crippen LogP contribution in [0.4, 0.5) is 0 Å². The molecule has 3 nitrogen and oxygen atoms in total. The highest BCUT2D eigenvalue weighted by atomic mass is 32.2. The Labute approximate surface area is 136 Å². The van der Waals surface area contributed by atoms with Crippen molar-refractivity contribution in [2.45, 2.75) is 17.9 Å². The average molecular weight is 314 g/mol. The number of nitrogens with zero attached hydrogens (tertiary/aromatic N) is 1. The van der Waals surface area contributed by atoms with Crippen LogP contribution in [0, 0.1) is 0 Å². The molecule has 0 fully saturated rings. The van der Waals surface area contributed by atoms with Crippen LogP contribution >= 0.6 is 11.8 Å². The normalized spacial score (nSPS) is 10.5. The van der Waals surface area contributed by atoms with Gasteiger partial charge in [-0.2, -0.15) is 0 Å². The maximum Gasteiger partial charge on any atom is 0.255 e. The van der Waals surface area contributed by atoms with Gasteiger partial charge in [0.1, 0.15) is 0 Å². The van der Waals surface area contributed by atoms with E-state index < -0.39 is 0 Å². The van der Waals surface area contributed by atoms with Crippen molar-refractivity contribution in [2.24, 2.45) is 5.73 Å². The van der Waals surface area contributed by atoms with Gasteiger partial charge in [-0.15, -0.1) is 11.8 Å². The van der Waals surface area contributed by atoms with Crippen molar-refractivity contribution in [3.63, 3.8) is 0 Å². The van der Waals surface area contributed by atoms with Crippen molar-refractivity contribution in [1.82, 2.24) is 4.90 Å². The fourth-order valence-corrected chi connectivity index (χ4v) is 2.92. The minimum atomic E-state index is 0.0715. The van der Waals surface area contributed by atoms with Crippen LogP contribution in [0.25, 0.3) is 0 Å². The highest BCUT2D eigenvalue weighted by Gasteiger charge is 2.18. The number of amides is 1. The predicted octanol–water partition coefficient (Wildman–Crippen LogP) is 3.40. The molecule has 22 heavy (non-hydrogen) atoms. The Bertz CT molecular complexity index is 601. The minimum Gasteiger partial charge on any atom is -0.334 e. The zero-order chi connectivity index (χ0) is 15.8. The van der Waals surface area contributed by atoms with Crippen molar-refractivity contribution < 1.29 is 4.79 Å². The Morgan fingerprint density at radius 1 is 1.09 bits per heavy atom. The Morgan fingerprint density at radius 2 is 1.77 bits per heavy atom. The summed E-state index contributed by atoms with van der Waals surface area (Å²) in [6, 6.07) is 17.8. The van der Waals surface area contributed by atoms with Gasteiger partial charge in [0.25, 0.3) is 5.91 Å². The van der Waals surface area contributed by atoms with E-state index in [-0.39, 0.29) is 5.91 Å². The molecule has 2 N–H and O–H groups in total. The van der Waals surface area contributed by atoms with Crippen LogP contribution < -0.4 is 5.73 Å². The molecule has 0 radical (unpaired) electrons. The van der Waals surface area contributed by atoms with Gasteiger partial charge in [-0.05, 0) is 36.9 Å². The fraction of sp³-hybridized carbons (Fsp3) is 0.278. The first-order chi connectivity index (χ1) is 10.8. The molecule has 0 aliphatic heterocycles. The Hall–Kier alpha value is -1.78. The number of thioether (sulfide) groups is 1. The molecule has 2 aromatic carbocycles. The third-order valence-corrected chi connectivity index (χ3v) is 4.27. The maximum absolute atomic E-state index is 12.9. The molecular formula is C18H22N2OS. The third-order valence-electron chi connectivity index (χ3n) is 3.47. The standard InChI is InChI=1S/C18H22N2OS/c1-22-17-11-6-5-10-16(17)18(21)20(13-7-12-19)14-15-8-3-2-4-9-15/h2-6,8-11H,7,12-14,19H2,1H3. The molecule has 0 spiro atoms. The minimum absolute atomic E-state index is 0.0715. The molecule has 2 rings (SSSR count). The molecule has 0 atom stereocenters. The molecule has 0 unspecified atom stereocenters. The second-order valence-electron chi connectivity index (χ2n) is 5.05. The van der Waals surface area contributed by atoms with E-state index in [1.165, 1.54) is 0 Å². The quantitative estimate of drug-likeness (QED) is 0.797. The molecular weight excluding hydrogens is 292 g/mol. The van der Waals surface area contributed by atoms with Crippen molar-refractivity contribution in [3.8, 4) is 0 Å². The lowest BCUT2D eigenvalue weighted by atomic mass is 10.1. The van der Waals surface area contributed by atoms with Gasteiger partial charge in [-0.3, -0.25) is 4.79 Å². The smallest absolute Gasteiger partial charge is 0.255 e. The van der Waals surface area contributed by atoms with Gasteiger partial charge >= 0.3 is 0 Å². The second-order valence-corrected chi connectivity index (χ2v) is 5.90. The number of carbonyl (C=O) groups is 1. The summed E-state index contributed by atoms with van der Waals surface area (Å²) in [6.45, 7) is 1.87. The monoisotopic (exact) mass is 314 g/mol. The first-order valence-electron chi connectivity index (χ1n) is 7.42. The molecule has 0 aliphatic carbocycles. The lowest BCUT2D eigenvalue weighted by molar-refractivity contribution is 0.0739. The van der Waals surface area contributed by atoms with Crippen molar-refractivity contribution in [2.75, 3.05) is 19.3 Å². The lowest BCUT2D eigenvalue weighted by Gasteiger charge is -2.23. The van der Waals surface area contributed by atoms with Crippen LogP contribution in [-0.4, -0.2) is 30.2 Å². The van der Waals surface area contributed by atoms with Gasteiger partial charge in [-0.1, -0.05) is 42.5 Å². The Balaban J connectivity index is 2.22. The molecule has 0 saturated carbocycles. The first kappa shape index (κ1) is 16.6. The molecule has 1 amide bonds. The molecule has 0 heterocycles. The predicted molar refractivity (Wildman–Crippen MR) is 93.1 cm³/mol. The zero-order valence-corrected chi connectivity index (χ0v) is 13.7. The number of rotatable bonds is 7. The van der Waals surface area contributed by atoms with Gasteiger partial charge in [0, 0.05) is 18.0 Å². The van der Waals surface area contributed by atoms with Crippen LogP contribution in [0.3, 0.4) is 0 Å². The van der Waals surface area contributed by atoms with E-state index in [0.29, 0.717) is 19.6 Å². The van der Waals surface area contributed by atoms with E-state index in [9.17, 15) is 4.79 Å². The molecule has 0 saturated heterocycles.